The minimum atomic E-state index is -4.41. The molecule has 2 heterocycles. The van der Waals surface area contributed by atoms with E-state index in [2.05, 4.69) is 46.3 Å². The number of hydrogen-bond donors (Lipinski definition) is 0. The summed E-state index contributed by atoms with van der Waals surface area (Å²) >= 11 is 0. The highest BCUT2D eigenvalue weighted by Crippen LogP contribution is 2.46. The summed E-state index contributed by atoms with van der Waals surface area (Å²) in [6.07, 6.45) is -3.47. The zero-order chi connectivity index (χ0) is 22.2. The van der Waals surface area contributed by atoms with Crippen molar-refractivity contribution in [2.24, 2.45) is 0 Å². The first-order valence-corrected chi connectivity index (χ1v) is 10.5. The summed E-state index contributed by atoms with van der Waals surface area (Å²) in [7, 11) is 0. The van der Waals surface area contributed by atoms with Crippen molar-refractivity contribution in [1.82, 2.24) is 9.88 Å². The summed E-state index contributed by atoms with van der Waals surface area (Å²) in [5, 5.41) is 0. The van der Waals surface area contributed by atoms with E-state index in [-0.39, 0.29) is 0 Å². The summed E-state index contributed by atoms with van der Waals surface area (Å²) in [5.74, 6) is 0. The smallest absolute Gasteiger partial charge is 0.276 e. The van der Waals surface area contributed by atoms with E-state index in [1.165, 1.54) is 6.07 Å². The van der Waals surface area contributed by atoms with Crippen LogP contribution in [0.1, 0.15) is 33.5 Å². The molecule has 0 radical (unpaired) electrons. The second kappa shape index (κ2) is 7.92. The first kappa shape index (κ1) is 20.5. The van der Waals surface area contributed by atoms with Crippen LogP contribution in [0, 0.1) is 0 Å². The standard InChI is InChI=1S/C27H21F3N2/c28-27(29,30)24-16-20-18-32(19-25(20)31-17-24)26(21-10-4-1-5-11-21,22-12-6-2-7-13-22)23-14-8-3-9-15-23/h1-17H,18-19H2. The van der Waals surface area contributed by atoms with Gasteiger partial charge in [-0.15, -0.1) is 0 Å². The minimum absolute atomic E-state index is 0.366. The van der Waals surface area contributed by atoms with E-state index in [9.17, 15) is 13.2 Å². The largest absolute Gasteiger partial charge is 0.417 e. The van der Waals surface area contributed by atoms with E-state index in [1.807, 2.05) is 54.6 Å². The van der Waals surface area contributed by atoms with Crippen LogP contribution < -0.4 is 0 Å². The molecule has 1 aliphatic heterocycles. The molecular formula is C27H21F3N2. The summed E-state index contributed by atoms with van der Waals surface area (Å²) < 4.78 is 40.0. The molecule has 0 atom stereocenters. The van der Waals surface area contributed by atoms with Crippen LogP contribution in [-0.4, -0.2) is 9.88 Å². The highest BCUT2D eigenvalue weighted by atomic mass is 19.4. The van der Waals surface area contributed by atoms with Crippen molar-refractivity contribution in [2.75, 3.05) is 0 Å². The van der Waals surface area contributed by atoms with Gasteiger partial charge in [0.25, 0.3) is 0 Å². The predicted molar refractivity (Wildman–Crippen MR) is 118 cm³/mol. The zero-order valence-electron chi connectivity index (χ0n) is 17.3. The molecule has 0 unspecified atom stereocenters. The van der Waals surface area contributed by atoms with Crippen LogP contribution in [0.3, 0.4) is 0 Å². The predicted octanol–water partition coefficient (Wildman–Crippen LogP) is 6.41. The van der Waals surface area contributed by atoms with Crippen LogP contribution in [0.4, 0.5) is 13.2 Å². The average molecular weight is 430 g/mol. The van der Waals surface area contributed by atoms with Crippen LogP contribution in [0.5, 0.6) is 0 Å². The van der Waals surface area contributed by atoms with Crippen molar-refractivity contribution < 1.29 is 13.2 Å². The van der Waals surface area contributed by atoms with E-state index in [1.54, 1.807) is 0 Å². The van der Waals surface area contributed by atoms with E-state index in [4.69, 9.17) is 0 Å². The van der Waals surface area contributed by atoms with Gasteiger partial charge < -0.3 is 0 Å². The van der Waals surface area contributed by atoms with E-state index in [0.29, 0.717) is 24.3 Å². The third kappa shape index (κ3) is 3.39. The second-order valence-corrected chi connectivity index (χ2v) is 7.99. The lowest BCUT2D eigenvalue weighted by atomic mass is 9.75. The molecule has 0 amide bonds. The molecule has 2 nitrogen and oxygen atoms in total. The minimum Gasteiger partial charge on any atom is -0.276 e. The highest BCUT2D eigenvalue weighted by molar-refractivity contribution is 5.50. The van der Waals surface area contributed by atoms with E-state index in [0.717, 1.165) is 22.9 Å². The number of aromatic nitrogens is 1. The molecule has 1 aliphatic rings. The van der Waals surface area contributed by atoms with Crippen molar-refractivity contribution in [3.63, 3.8) is 0 Å². The van der Waals surface area contributed by atoms with Crippen LogP contribution in [0.2, 0.25) is 0 Å². The molecule has 4 aromatic rings. The van der Waals surface area contributed by atoms with Gasteiger partial charge in [0.1, 0.15) is 0 Å². The Morgan fingerprint density at radius 1 is 0.625 bits per heavy atom. The third-order valence-electron chi connectivity index (χ3n) is 6.14. The number of pyridine rings is 1. The number of fused-ring (bicyclic) bond motifs is 1. The van der Waals surface area contributed by atoms with Gasteiger partial charge >= 0.3 is 6.18 Å². The highest BCUT2D eigenvalue weighted by Gasteiger charge is 2.45. The fourth-order valence-electron chi connectivity index (χ4n) is 4.74. The van der Waals surface area contributed by atoms with Gasteiger partial charge in [-0.05, 0) is 28.3 Å². The van der Waals surface area contributed by atoms with Gasteiger partial charge in [0.15, 0.2) is 0 Å². The van der Waals surface area contributed by atoms with Gasteiger partial charge in [-0.1, -0.05) is 91.0 Å². The first-order chi connectivity index (χ1) is 15.5. The lowest BCUT2D eigenvalue weighted by Gasteiger charge is -2.43. The van der Waals surface area contributed by atoms with Crippen LogP contribution >= 0.6 is 0 Å². The molecular weight excluding hydrogens is 409 g/mol. The van der Waals surface area contributed by atoms with Gasteiger partial charge in [0, 0.05) is 19.3 Å². The number of benzene rings is 3. The first-order valence-electron chi connectivity index (χ1n) is 10.5. The Labute approximate surface area is 185 Å². The fourth-order valence-corrected chi connectivity index (χ4v) is 4.74. The lowest BCUT2D eigenvalue weighted by molar-refractivity contribution is -0.137. The fraction of sp³-hybridized carbons (Fsp3) is 0.148. The SMILES string of the molecule is FC(F)(F)c1cnc2c(c1)CN(C(c1ccccc1)(c1ccccc1)c1ccccc1)C2. The maximum atomic E-state index is 13.3. The maximum Gasteiger partial charge on any atom is 0.417 e. The van der Waals surface area contributed by atoms with Crippen molar-refractivity contribution in [3.05, 3.63) is 137 Å². The lowest BCUT2D eigenvalue weighted by Crippen LogP contribution is -2.45. The van der Waals surface area contributed by atoms with Gasteiger partial charge in [-0.3, -0.25) is 9.88 Å². The van der Waals surface area contributed by atoms with Crippen molar-refractivity contribution >= 4 is 0 Å². The third-order valence-corrected chi connectivity index (χ3v) is 6.14. The number of nitrogens with zero attached hydrogens (tertiary/aromatic N) is 2. The van der Waals surface area contributed by atoms with E-state index >= 15 is 0 Å². The molecule has 160 valence electrons. The Morgan fingerprint density at radius 2 is 1.09 bits per heavy atom. The second-order valence-electron chi connectivity index (χ2n) is 7.99. The number of alkyl halides is 3. The zero-order valence-corrected chi connectivity index (χ0v) is 17.3. The van der Waals surface area contributed by atoms with Gasteiger partial charge in [0.2, 0.25) is 0 Å². The molecule has 0 saturated heterocycles. The Balaban J connectivity index is 1.72. The van der Waals surface area contributed by atoms with Crippen molar-refractivity contribution in [1.29, 1.82) is 0 Å². The van der Waals surface area contributed by atoms with Crippen LogP contribution in [0.15, 0.2) is 103 Å². The summed E-state index contributed by atoms with van der Waals surface area (Å²) in [4.78, 5) is 6.44. The molecule has 0 fully saturated rings. The molecule has 5 heteroatoms. The molecule has 3 aromatic carbocycles. The Morgan fingerprint density at radius 3 is 1.53 bits per heavy atom. The molecule has 5 rings (SSSR count). The molecule has 0 aliphatic carbocycles. The summed E-state index contributed by atoms with van der Waals surface area (Å²) in [5.41, 5.74) is 3.09. The number of rotatable bonds is 4. The Bertz CT molecular complexity index is 1110. The molecule has 0 saturated carbocycles. The van der Waals surface area contributed by atoms with Crippen LogP contribution in [0.25, 0.3) is 0 Å². The number of hydrogen-bond acceptors (Lipinski definition) is 2. The summed E-state index contributed by atoms with van der Waals surface area (Å²) in [6, 6.07) is 31.6. The number of halogens is 3. The quantitative estimate of drug-likeness (QED) is 0.348. The molecule has 32 heavy (non-hydrogen) atoms. The van der Waals surface area contributed by atoms with Gasteiger partial charge in [-0.25, -0.2) is 0 Å². The Kier molecular flexibility index (Phi) is 5.06. The Hall–Kier alpha value is -3.44. The van der Waals surface area contributed by atoms with E-state index < -0.39 is 17.3 Å². The van der Waals surface area contributed by atoms with Crippen LogP contribution in [-0.2, 0) is 24.8 Å². The molecule has 0 bridgehead atoms. The monoisotopic (exact) mass is 430 g/mol. The van der Waals surface area contributed by atoms with Gasteiger partial charge in [0.05, 0.1) is 16.8 Å². The maximum absolute atomic E-state index is 13.3. The molecule has 1 aromatic heterocycles. The average Bonchev–Trinajstić information content (AvgIpc) is 3.25. The normalized spacial score (nSPS) is 14.3. The topological polar surface area (TPSA) is 16.1 Å². The van der Waals surface area contributed by atoms with Crippen molar-refractivity contribution in [3.8, 4) is 0 Å². The molecule has 0 N–H and O–H groups in total. The van der Waals surface area contributed by atoms with Crippen molar-refractivity contribution in [2.45, 2.75) is 24.8 Å². The van der Waals surface area contributed by atoms with Gasteiger partial charge in [-0.2, -0.15) is 13.2 Å². The summed E-state index contributed by atoms with van der Waals surface area (Å²) in [6.45, 7) is 0.817. The molecule has 0 spiro atoms.